The molecule has 593 valence electrons. The van der Waals surface area contributed by atoms with Gasteiger partial charge in [0.2, 0.25) is 47.3 Å². The van der Waals surface area contributed by atoms with Crippen molar-refractivity contribution in [2.75, 3.05) is 70.9 Å². The Labute approximate surface area is 646 Å². The normalized spacial score (nSPS) is 22.6. The minimum Gasteiger partial charge on any atom is -0.508 e. The number of phenolic OH excluding ortho intramolecular Hbond substituents is 1. The molecular weight excluding hydrogens is 1490 g/mol. The molecule has 12 atom stereocenters. The number of imide groups is 1. The number of aliphatic hydroxyl groups is 1. The van der Waals surface area contributed by atoms with E-state index in [2.05, 4.69) is 42.2 Å². The summed E-state index contributed by atoms with van der Waals surface area (Å²) in [5.41, 5.74) is 15.1. The number of urea groups is 1. The fourth-order valence-electron chi connectivity index (χ4n) is 12.3. The molecule has 35 nitrogen and oxygen atoms in total. The molecule has 4 aliphatic rings. The summed E-state index contributed by atoms with van der Waals surface area (Å²) in [6, 6.07) is 1.27. The number of carbonyl (C=O) groups excluding carboxylic acids is 12. The number of rotatable bonds is 35. The second kappa shape index (κ2) is 41.9. The SMILES string of the molecule is COc1cc2cc(c1Cl)N(C)C(=O)C[C@H](OC(=O)[C@H](C)N(C)C(=O)CCSCC(=O)N[C@@H](CCCNC(N)=O)C(=O)N[C@@H](CCCCNC(=O)[C@@H](CCCN=C(N)N)NC(=O)CN1C(=O)[CH-]CC1=O)C(=O)N[C@@H](Cc1ccc(O)cc1)C(=O)O)[C@]1(C)O[C@H]1[C@H](C)[C@@H]1C[C@@](O)(NC(=O)O1)[C@H](OC)/C=C/C=C(\C)C2.[V]. The van der Waals surface area contributed by atoms with Gasteiger partial charge >= 0.3 is 24.1 Å². The zero-order chi connectivity index (χ0) is 79.0. The van der Waals surface area contributed by atoms with Crippen LogP contribution in [0.1, 0.15) is 109 Å². The number of nitrogens with one attached hydrogen (secondary N) is 7. The van der Waals surface area contributed by atoms with Crippen molar-refractivity contribution >= 4 is 112 Å². The van der Waals surface area contributed by atoms with E-state index in [0.29, 0.717) is 17.5 Å². The molecule has 0 saturated carbocycles. The Kier molecular flexibility index (Phi) is 34.6. The van der Waals surface area contributed by atoms with Gasteiger partial charge in [0.05, 0.1) is 37.0 Å². The van der Waals surface area contributed by atoms with Crippen molar-refractivity contribution in [2.45, 2.75) is 177 Å². The van der Waals surface area contributed by atoms with Gasteiger partial charge in [-0.3, -0.25) is 55.1 Å². The van der Waals surface area contributed by atoms with E-state index < -0.39 is 162 Å². The van der Waals surface area contributed by atoms with E-state index in [0.717, 1.165) is 33.6 Å². The van der Waals surface area contributed by atoms with Crippen LogP contribution >= 0.6 is 23.4 Å². The smallest absolute Gasteiger partial charge is 0.409 e. The number of epoxide rings is 1. The Morgan fingerprint density at radius 2 is 1.52 bits per heavy atom. The van der Waals surface area contributed by atoms with E-state index in [4.69, 9.17) is 52.5 Å². The summed E-state index contributed by atoms with van der Waals surface area (Å²) in [5, 5.41) is 50.0. The number of benzene rings is 2. The summed E-state index contributed by atoms with van der Waals surface area (Å²) in [5.74, 6) is -9.79. The number of ether oxygens (including phenoxy) is 5. The molecule has 3 fully saturated rings. The number of unbranched alkanes of at least 4 members (excludes halogenated alkanes) is 1. The number of aromatic hydroxyl groups is 1. The number of methoxy groups -OCH3 is 2. The van der Waals surface area contributed by atoms with Crippen LogP contribution in [0, 0.1) is 12.3 Å². The first kappa shape index (κ1) is 89.3. The predicted molar refractivity (Wildman–Crippen MR) is 389 cm³/mol. The molecule has 0 spiro atoms. The van der Waals surface area contributed by atoms with Gasteiger partial charge in [0.25, 0.3) is 0 Å². The van der Waals surface area contributed by atoms with Crippen LogP contribution in [-0.4, -0.2) is 240 Å². The Bertz CT molecular complexity index is 3670. The molecule has 3 saturated heterocycles. The van der Waals surface area contributed by atoms with E-state index in [9.17, 15) is 77.6 Å². The van der Waals surface area contributed by atoms with E-state index in [1.807, 2.05) is 6.92 Å². The standard InChI is InChI=1S/C70H98ClN14O21S.V/c1-38-14-11-18-51(103-8)70(101)35-50(104-68(100)82-70)39(2)60-69(4,106-60)52(34-58(92)84(6)48-32-42(30-38)33-49(102-7)59(48)71)105-65(98)40(3)83(5)55(89)25-29-107-37-54(88)79-45(17-13-28-77-67(74)99)62(94)80-46(63(95)81-47(64(96)97)31-41-19-21-43(86)22-20-41)15-9-10-26-75-61(93)44(16-12-27-76-66(72)73)78-53(87)36-85-56(90)23-24-57(85)91;/h11,14,18-23,32-33,39-40,44-47,50-52,60,86,101H,9-10,12-13,15-17,24-31,34-37H2,1-8H3,(H,75,93)(H,78,87)(H,79,88)(H,80,94)(H,81,95)(H,82,100)(H,96,97)(H4,72,73,76)(H3,74,77,99);/q-1;/b18-11+,38-14+;/t39-,40+,44-,45+,46+,47+,50+,51-,52+,60+,69+,70+;/m1./s1. The molecule has 108 heavy (non-hydrogen) atoms. The number of esters is 1. The third kappa shape index (κ3) is 26.2. The van der Waals surface area contributed by atoms with Crippen LogP contribution in [0.4, 0.5) is 15.3 Å². The number of halogens is 1. The first-order valence-electron chi connectivity index (χ1n) is 34.7. The maximum atomic E-state index is 14.5. The molecule has 2 aromatic carbocycles. The predicted octanol–water partition coefficient (Wildman–Crippen LogP) is 0.359. The van der Waals surface area contributed by atoms with Gasteiger partial charge in [0, 0.05) is 90.3 Å². The van der Waals surface area contributed by atoms with Crippen molar-refractivity contribution in [3.05, 3.63) is 82.8 Å². The Balaban J connectivity index is 0.0000209. The van der Waals surface area contributed by atoms with E-state index in [1.165, 1.54) is 64.4 Å². The minimum atomic E-state index is -1.95. The maximum Gasteiger partial charge on any atom is 0.409 e. The second-order valence-corrected chi connectivity index (χ2v) is 28.2. The number of phenols is 1. The number of anilines is 1. The molecule has 0 unspecified atom stereocenters. The number of thioether (sulfide) groups is 1. The number of hydrogen-bond donors (Lipinski definition) is 13. The third-order valence-electron chi connectivity index (χ3n) is 18.6. The Morgan fingerprint density at radius 3 is 2.16 bits per heavy atom. The number of aliphatic imine (C=N–C) groups is 1. The van der Waals surface area contributed by atoms with Crippen LogP contribution in [0.3, 0.4) is 0 Å². The Hall–Kier alpha value is -9.33. The number of likely N-dealkylation sites (N-methyl/N-ethyl adjacent to an activating group) is 1. The van der Waals surface area contributed by atoms with Gasteiger partial charge in [-0.2, -0.15) is 11.8 Å². The van der Waals surface area contributed by atoms with Crippen LogP contribution in [-0.2, 0) is 103 Å². The number of likely N-dealkylation sites (tertiary alicyclic amines) is 1. The molecule has 38 heteroatoms. The van der Waals surface area contributed by atoms with Crippen molar-refractivity contribution in [1.29, 1.82) is 0 Å². The van der Waals surface area contributed by atoms with Crippen LogP contribution in [0.25, 0.3) is 0 Å². The quantitative estimate of drug-likeness (QED) is 0.00843. The van der Waals surface area contributed by atoms with Crippen LogP contribution < -0.4 is 64.1 Å². The first-order valence-corrected chi connectivity index (χ1v) is 36.3. The number of nitrogens with zero attached hydrogens (tertiary/aromatic N) is 4. The van der Waals surface area contributed by atoms with E-state index in [1.54, 1.807) is 44.2 Å². The summed E-state index contributed by atoms with van der Waals surface area (Å²) >= 11 is 7.84. The number of allylic oxidation sites excluding steroid dienone is 3. The topological polar surface area (TPSA) is 516 Å². The van der Waals surface area contributed by atoms with Crippen molar-refractivity contribution in [1.82, 2.24) is 47.0 Å². The van der Waals surface area contributed by atoms with Crippen molar-refractivity contribution in [3.8, 4) is 11.5 Å². The van der Waals surface area contributed by atoms with Crippen LogP contribution in [0.2, 0.25) is 5.02 Å². The molecule has 6 rings (SSSR count). The number of hydrogen-bond acceptors (Lipinski definition) is 22. The van der Waals surface area contributed by atoms with Crippen molar-refractivity contribution in [3.63, 3.8) is 0 Å². The number of alkyl carbamates (subject to hydrolysis) is 1. The summed E-state index contributed by atoms with van der Waals surface area (Å²) in [6.07, 6.45) is 0.389. The molecular formula is C70H98ClN14O21SV-. The first-order chi connectivity index (χ1) is 50.6. The number of fused-ring (bicyclic) bond motifs is 5. The molecule has 4 aliphatic heterocycles. The molecule has 0 aliphatic carbocycles. The number of primary amides is 1. The molecule has 1 radical (unpaired) electrons. The number of aliphatic carboxylic acids is 1. The van der Waals surface area contributed by atoms with E-state index in [-0.39, 0.29) is 148 Å². The summed E-state index contributed by atoms with van der Waals surface area (Å²) < 4.78 is 29.5. The average Bonchev–Trinajstić information content (AvgIpc) is 1.57. The monoisotopic (exact) mass is 1590 g/mol. The summed E-state index contributed by atoms with van der Waals surface area (Å²) in [6.45, 7) is 5.98. The molecule has 12 amide bonds. The van der Waals surface area contributed by atoms with Gasteiger partial charge in [-0.05, 0) is 108 Å². The largest absolute Gasteiger partial charge is 0.508 e. The van der Waals surface area contributed by atoms with Crippen LogP contribution in [0.5, 0.6) is 11.5 Å². The zero-order valence-corrected chi connectivity index (χ0v) is 64.4. The minimum absolute atomic E-state index is 0. The number of carboxylic acids is 1. The average molecular weight is 1590 g/mol. The number of carbonyl (C=O) groups is 13. The van der Waals surface area contributed by atoms with Gasteiger partial charge in [0.1, 0.15) is 77.2 Å². The fraction of sp³-hybridized carbons (Fsp3) is 0.557. The van der Waals surface area contributed by atoms with Crippen molar-refractivity contribution < 1.29 is 120 Å². The zero-order valence-electron chi connectivity index (χ0n) is 61.4. The fourth-order valence-corrected chi connectivity index (χ4v) is 13.3. The van der Waals surface area contributed by atoms with Crippen LogP contribution in [0.15, 0.2) is 65.2 Å². The molecule has 0 aromatic heterocycles. The van der Waals surface area contributed by atoms with Gasteiger partial charge < -0.3 is 108 Å². The molecule has 4 bridgehead atoms. The maximum absolute atomic E-state index is 14.5. The summed E-state index contributed by atoms with van der Waals surface area (Å²) in [7, 11) is 5.67. The third-order valence-corrected chi connectivity index (χ3v) is 19.9. The molecule has 16 N–H and O–H groups in total. The summed E-state index contributed by atoms with van der Waals surface area (Å²) in [4.78, 5) is 180. The van der Waals surface area contributed by atoms with Gasteiger partial charge in [0.15, 0.2) is 11.7 Å². The second-order valence-electron chi connectivity index (χ2n) is 26.7. The number of amides is 12. The Morgan fingerprint density at radius 1 is 0.880 bits per heavy atom. The van der Waals surface area contributed by atoms with Gasteiger partial charge in [-0.15, -0.1) is 0 Å². The number of guanidine groups is 1. The number of nitrogens with two attached hydrogens (primary N) is 3. The molecule has 4 heterocycles. The number of carboxylic acid groups (broad SMARTS) is 1. The molecule has 2 aromatic rings. The van der Waals surface area contributed by atoms with Crippen molar-refractivity contribution in [2.24, 2.45) is 28.1 Å². The van der Waals surface area contributed by atoms with Gasteiger partial charge in [-0.1, -0.05) is 60.9 Å². The van der Waals surface area contributed by atoms with E-state index >= 15 is 0 Å². The van der Waals surface area contributed by atoms with Gasteiger partial charge in [-0.25, -0.2) is 19.2 Å².